The molecule has 1 aliphatic rings. The van der Waals surface area contributed by atoms with Crippen LogP contribution in [-0.2, 0) is 18.3 Å². The third kappa shape index (κ3) is 2.90. The fraction of sp³-hybridized carbons (Fsp3) is 0.800. The number of aromatic nitrogens is 2. The first kappa shape index (κ1) is 15.5. The van der Waals surface area contributed by atoms with Crippen LogP contribution in [0.4, 0.5) is 0 Å². The number of aliphatic hydroxyl groups excluding tert-OH is 1. The molecule has 2 atom stereocenters. The van der Waals surface area contributed by atoms with Crippen LogP contribution >= 0.6 is 0 Å². The Kier molecular flexibility index (Phi) is 3.97. The largest absolute Gasteiger partial charge is 0.390 e. The number of aliphatic hydroxyl groups is 1. The fourth-order valence-electron chi connectivity index (χ4n) is 3.19. The van der Waals surface area contributed by atoms with Crippen LogP contribution in [0.25, 0.3) is 0 Å². The van der Waals surface area contributed by atoms with Gasteiger partial charge in [0, 0.05) is 31.9 Å². The van der Waals surface area contributed by atoms with Crippen LogP contribution in [0.2, 0.25) is 0 Å². The highest BCUT2D eigenvalue weighted by atomic mass is 16.5. The van der Waals surface area contributed by atoms with Crippen molar-refractivity contribution in [2.45, 2.75) is 51.5 Å². The lowest BCUT2D eigenvalue weighted by Crippen LogP contribution is -2.42. The monoisotopic (exact) mass is 281 g/mol. The Balaban J connectivity index is 2.04. The first-order valence-electron chi connectivity index (χ1n) is 7.16. The minimum absolute atomic E-state index is 0.0859. The van der Waals surface area contributed by atoms with Crippen molar-refractivity contribution in [3.8, 4) is 0 Å². The van der Waals surface area contributed by atoms with Gasteiger partial charge >= 0.3 is 0 Å². The summed E-state index contributed by atoms with van der Waals surface area (Å²) < 4.78 is 8.04. The molecule has 0 radical (unpaired) electrons. The summed E-state index contributed by atoms with van der Waals surface area (Å²) in [6.07, 6.45) is 3.30. The van der Waals surface area contributed by atoms with Crippen LogP contribution < -0.4 is 0 Å². The summed E-state index contributed by atoms with van der Waals surface area (Å²) in [6.45, 7) is 9.58. The Morgan fingerprint density at radius 2 is 2.00 bits per heavy atom. The van der Waals surface area contributed by atoms with E-state index in [9.17, 15) is 5.11 Å². The Bertz CT molecular complexity index is 467. The van der Waals surface area contributed by atoms with Gasteiger partial charge in [0.15, 0.2) is 0 Å². The van der Waals surface area contributed by atoms with Crippen LogP contribution in [0.1, 0.15) is 33.5 Å². The van der Waals surface area contributed by atoms with E-state index in [0.29, 0.717) is 0 Å². The number of hydrogen-bond donors (Lipinski definition) is 1. The van der Waals surface area contributed by atoms with E-state index in [1.807, 2.05) is 37.9 Å². The predicted molar refractivity (Wildman–Crippen MR) is 78.3 cm³/mol. The molecule has 0 bridgehead atoms. The molecule has 1 N–H and O–H groups in total. The lowest BCUT2D eigenvalue weighted by molar-refractivity contribution is -0.0913. The molecular formula is C15H27N3O2. The maximum absolute atomic E-state index is 10.5. The first-order valence-corrected chi connectivity index (χ1v) is 7.16. The number of nitrogens with zero attached hydrogens (tertiary/aromatic N) is 3. The van der Waals surface area contributed by atoms with E-state index in [0.717, 1.165) is 18.9 Å². The van der Waals surface area contributed by atoms with Gasteiger partial charge in [-0.1, -0.05) is 0 Å². The van der Waals surface area contributed by atoms with Crippen LogP contribution in [0.5, 0.6) is 0 Å². The zero-order chi connectivity index (χ0) is 15.1. The SMILES string of the molecule is CN(Cc1nccn1C)CC1C(O)C(C)(C)OC1(C)C. The summed E-state index contributed by atoms with van der Waals surface area (Å²) in [5.41, 5.74) is -0.808. The third-order valence-corrected chi connectivity index (χ3v) is 4.35. The van der Waals surface area contributed by atoms with E-state index in [1.165, 1.54) is 0 Å². The third-order valence-electron chi connectivity index (χ3n) is 4.35. The highest BCUT2D eigenvalue weighted by Gasteiger charge is 2.53. The number of ether oxygens (including phenoxy) is 1. The minimum atomic E-state index is -0.488. The summed E-state index contributed by atoms with van der Waals surface area (Å²) in [5.74, 6) is 1.11. The van der Waals surface area contributed by atoms with Crippen molar-refractivity contribution in [2.75, 3.05) is 13.6 Å². The molecule has 1 aromatic rings. The quantitative estimate of drug-likeness (QED) is 0.907. The molecule has 1 fully saturated rings. The lowest BCUT2D eigenvalue weighted by Gasteiger charge is -2.30. The maximum Gasteiger partial charge on any atom is 0.122 e. The Morgan fingerprint density at radius 1 is 1.35 bits per heavy atom. The van der Waals surface area contributed by atoms with Crippen molar-refractivity contribution in [3.63, 3.8) is 0 Å². The van der Waals surface area contributed by atoms with Crippen LogP contribution in [0.15, 0.2) is 12.4 Å². The van der Waals surface area contributed by atoms with Crippen molar-refractivity contribution < 1.29 is 9.84 Å². The average molecular weight is 281 g/mol. The minimum Gasteiger partial charge on any atom is -0.390 e. The molecule has 5 heteroatoms. The average Bonchev–Trinajstić information content (AvgIpc) is 2.74. The Morgan fingerprint density at radius 3 is 2.45 bits per heavy atom. The zero-order valence-corrected chi connectivity index (χ0v) is 13.4. The van der Waals surface area contributed by atoms with Crippen LogP contribution in [-0.4, -0.2) is 50.5 Å². The molecule has 1 aliphatic heterocycles. The van der Waals surface area contributed by atoms with Gasteiger partial charge in [-0.3, -0.25) is 4.90 Å². The molecule has 0 aromatic carbocycles. The maximum atomic E-state index is 10.5. The summed E-state index contributed by atoms with van der Waals surface area (Å²) in [5, 5.41) is 10.5. The number of imidazole rings is 1. The molecule has 1 aromatic heterocycles. The molecule has 2 unspecified atom stereocenters. The Labute approximate surface area is 121 Å². The van der Waals surface area contributed by atoms with Gasteiger partial charge in [-0.05, 0) is 34.7 Å². The molecular weight excluding hydrogens is 254 g/mol. The number of hydrogen-bond acceptors (Lipinski definition) is 4. The van der Waals surface area contributed by atoms with Crippen LogP contribution in [0.3, 0.4) is 0 Å². The molecule has 2 heterocycles. The predicted octanol–water partition coefficient (Wildman–Crippen LogP) is 1.42. The molecule has 20 heavy (non-hydrogen) atoms. The molecule has 0 saturated carbocycles. The van der Waals surface area contributed by atoms with Gasteiger partial charge in [0.2, 0.25) is 0 Å². The first-order chi connectivity index (χ1) is 9.13. The number of aryl methyl sites for hydroxylation is 1. The highest BCUT2D eigenvalue weighted by molar-refractivity contribution is 5.02. The van der Waals surface area contributed by atoms with Gasteiger partial charge in [0.05, 0.1) is 23.9 Å². The topological polar surface area (TPSA) is 50.5 Å². The molecule has 0 aliphatic carbocycles. The summed E-state index contributed by atoms with van der Waals surface area (Å²) >= 11 is 0. The van der Waals surface area contributed by atoms with E-state index in [-0.39, 0.29) is 11.5 Å². The molecule has 0 amide bonds. The van der Waals surface area contributed by atoms with E-state index in [4.69, 9.17) is 4.74 Å². The van der Waals surface area contributed by atoms with Crippen molar-refractivity contribution in [1.82, 2.24) is 14.5 Å². The van der Waals surface area contributed by atoms with Crippen LogP contribution in [0, 0.1) is 5.92 Å². The summed E-state index contributed by atoms with van der Waals surface area (Å²) in [6, 6.07) is 0. The molecule has 114 valence electrons. The van der Waals surface area contributed by atoms with Gasteiger partial charge in [-0.15, -0.1) is 0 Å². The molecule has 5 nitrogen and oxygen atoms in total. The second-order valence-electron chi connectivity index (χ2n) is 7.01. The van der Waals surface area contributed by atoms with Crippen molar-refractivity contribution >= 4 is 0 Å². The smallest absolute Gasteiger partial charge is 0.122 e. The lowest BCUT2D eigenvalue weighted by atomic mass is 9.84. The second-order valence-corrected chi connectivity index (χ2v) is 7.01. The van der Waals surface area contributed by atoms with E-state index in [2.05, 4.69) is 30.8 Å². The van der Waals surface area contributed by atoms with Crippen molar-refractivity contribution in [2.24, 2.45) is 13.0 Å². The summed E-state index contributed by atoms with van der Waals surface area (Å²) in [4.78, 5) is 6.54. The van der Waals surface area contributed by atoms with Gasteiger partial charge in [-0.25, -0.2) is 4.98 Å². The van der Waals surface area contributed by atoms with Gasteiger partial charge in [0.1, 0.15) is 5.82 Å². The fourth-order valence-corrected chi connectivity index (χ4v) is 3.19. The van der Waals surface area contributed by atoms with E-state index >= 15 is 0 Å². The molecule has 2 rings (SSSR count). The second kappa shape index (κ2) is 5.13. The normalized spacial score (nSPS) is 28.2. The van der Waals surface area contributed by atoms with Gasteiger partial charge < -0.3 is 14.4 Å². The zero-order valence-electron chi connectivity index (χ0n) is 13.4. The highest BCUT2D eigenvalue weighted by Crippen LogP contribution is 2.42. The number of rotatable bonds is 4. The standard InChI is InChI=1S/C15H27N3O2/c1-14(2)11(13(19)15(3,4)20-14)9-17(5)10-12-16-7-8-18(12)6/h7-8,11,13,19H,9-10H2,1-6H3. The van der Waals surface area contributed by atoms with Crippen molar-refractivity contribution in [3.05, 3.63) is 18.2 Å². The van der Waals surface area contributed by atoms with E-state index in [1.54, 1.807) is 0 Å². The van der Waals surface area contributed by atoms with E-state index < -0.39 is 11.7 Å². The van der Waals surface area contributed by atoms with Gasteiger partial charge in [0.25, 0.3) is 0 Å². The Hall–Kier alpha value is -0.910. The molecule has 0 spiro atoms. The summed E-state index contributed by atoms with van der Waals surface area (Å²) in [7, 11) is 4.06. The van der Waals surface area contributed by atoms with Crippen molar-refractivity contribution in [1.29, 1.82) is 0 Å². The van der Waals surface area contributed by atoms with Gasteiger partial charge in [-0.2, -0.15) is 0 Å². The molecule has 1 saturated heterocycles.